The summed E-state index contributed by atoms with van der Waals surface area (Å²) in [6.45, 7) is 2.27. The fourth-order valence-corrected chi connectivity index (χ4v) is 3.71. The molecule has 146 valence electrons. The van der Waals surface area contributed by atoms with Gasteiger partial charge in [0, 0.05) is 12.0 Å². The van der Waals surface area contributed by atoms with Gasteiger partial charge in [-0.05, 0) is 42.0 Å². The molecule has 0 amide bonds. The average molecular weight is 402 g/mol. The number of methoxy groups -OCH3 is 2. The molecule has 0 saturated carbocycles. The maximum atomic E-state index is 14.0. The summed E-state index contributed by atoms with van der Waals surface area (Å²) in [5.41, 5.74) is 2.78. The van der Waals surface area contributed by atoms with E-state index in [0.29, 0.717) is 12.2 Å². The Hall–Kier alpha value is -2.71. The van der Waals surface area contributed by atoms with Gasteiger partial charge in [0.05, 0.1) is 26.3 Å². The molecule has 0 radical (unpaired) electrons. The Bertz CT molecular complexity index is 1060. The highest BCUT2D eigenvalue weighted by atomic mass is 32.1. The van der Waals surface area contributed by atoms with Gasteiger partial charge in [0.15, 0.2) is 18.2 Å². The first kappa shape index (κ1) is 18.6. The van der Waals surface area contributed by atoms with Gasteiger partial charge in [-0.2, -0.15) is 4.68 Å². The van der Waals surface area contributed by atoms with E-state index in [1.54, 1.807) is 37.1 Å². The van der Waals surface area contributed by atoms with Gasteiger partial charge in [-0.1, -0.05) is 12.1 Å². The molecule has 2 aromatic carbocycles. The van der Waals surface area contributed by atoms with Gasteiger partial charge in [0.1, 0.15) is 12.4 Å². The van der Waals surface area contributed by atoms with Crippen LogP contribution < -0.4 is 14.4 Å². The van der Waals surface area contributed by atoms with Gasteiger partial charge in [0.2, 0.25) is 5.89 Å². The predicted octanol–water partition coefficient (Wildman–Crippen LogP) is 2.63. The zero-order chi connectivity index (χ0) is 19.7. The summed E-state index contributed by atoms with van der Waals surface area (Å²) in [4.78, 5) is 1.52. The molecule has 3 aromatic rings. The average Bonchev–Trinajstić information content (AvgIpc) is 3.07. The van der Waals surface area contributed by atoms with Crippen molar-refractivity contribution in [1.29, 1.82) is 0 Å². The third kappa shape index (κ3) is 3.53. The highest BCUT2D eigenvalue weighted by Gasteiger charge is 2.23. The first-order valence-electron chi connectivity index (χ1n) is 8.99. The molecule has 2 heterocycles. The smallest absolute Gasteiger partial charge is 0.292 e. The fourth-order valence-electron chi connectivity index (χ4n) is 3.53. The van der Waals surface area contributed by atoms with Crippen LogP contribution in [0.5, 0.6) is 11.5 Å². The second-order valence-electron chi connectivity index (χ2n) is 6.71. The molecule has 1 aliphatic heterocycles. The summed E-state index contributed by atoms with van der Waals surface area (Å²) in [6, 6.07) is 10.4. The number of hydrogen-bond donors (Lipinski definition) is 1. The lowest BCUT2D eigenvalue weighted by molar-refractivity contribution is -0.939. The highest BCUT2D eigenvalue weighted by molar-refractivity contribution is 7.71. The first-order valence-corrected chi connectivity index (χ1v) is 9.40. The number of nitrogens with one attached hydrogen (secondary N) is 1. The largest absolute Gasteiger partial charge is 0.493 e. The van der Waals surface area contributed by atoms with Crippen LogP contribution in [0.1, 0.15) is 11.1 Å². The zero-order valence-electron chi connectivity index (χ0n) is 15.7. The van der Waals surface area contributed by atoms with Crippen LogP contribution in [0.3, 0.4) is 0 Å². The Morgan fingerprint density at radius 3 is 2.61 bits per heavy atom. The van der Waals surface area contributed by atoms with E-state index in [1.165, 1.54) is 22.1 Å². The molecule has 0 spiro atoms. The number of ether oxygens (including phenoxy) is 2. The van der Waals surface area contributed by atoms with Crippen LogP contribution in [0.25, 0.3) is 11.5 Å². The first-order chi connectivity index (χ1) is 13.6. The van der Waals surface area contributed by atoms with Crippen molar-refractivity contribution < 1.29 is 23.2 Å². The summed E-state index contributed by atoms with van der Waals surface area (Å²) in [7, 11) is 3.28. The SMILES string of the molecule is COc1cc2c(cc1OC)C[NH+](Cn1nc(-c3ccccc3F)oc1=S)CC2. The Balaban J connectivity index is 1.55. The second-order valence-corrected chi connectivity index (χ2v) is 7.06. The van der Waals surface area contributed by atoms with Crippen molar-refractivity contribution in [3.63, 3.8) is 0 Å². The van der Waals surface area contributed by atoms with Gasteiger partial charge < -0.3 is 18.8 Å². The Morgan fingerprint density at radius 1 is 1.18 bits per heavy atom. The normalized spacial score (nSPS) is 15.9. The van der Waals surface area contributed by atoms with Crippen molar-refractivity contribution in [2.45, 2.75) is 19.6 Å². The number of halogens is 1. The molecule has 0 fully saturated rings. The van der Waals surface area contributed by atoms with Crippen LogP contribution in [-0.4, -0.2) is 30.5 Å². The van der Waals surface area contributed by atoms with E-state index in [0.717, 1.165) is 31.0 Å². The maximum Gasteiger partial charge on any atom is 0.292 e. The second kappa shape index (κ2) is 7.73. The topological polar surface area (TPSA) is 53.9 Å². The molecule has 1 aliphatic rings. The molecule has 0 bridgehead atoms. The van der Waals surface area contributed by atoms with Crippen molar-refractivity contribution >= 4 is 12.2 Å². The lowest BCUT2D eigenvalue weighted by Gasteiger charge is -2.26. The summed E-state index contributed by atoms with van der Waals surface area (Å²) in [5, 5.41) is 4.39. The van der Waals surface area contributed by atoms with E-state index < -0.39 is 0 Å². The van der Waals surface area contributed by atoms with Crippen molar-refractivity contribution in [3.05, 3.63) is 58.2 Å². The molecular formula is C20H21FN3O3S+. The third-order valence-electron chi connectivity index (χ3n) is 4.98. The number of rotatable bonds is 5. The summed E-state index contributed by atoms with van der Waals surface area (Å²) < 4.78 is 32.0. The molecule has 1 aromatic heterocycles. The monoisotopic (exact) mass is 402 g/mol. The van der Waals surface area contributed by atoms with Gasteiger partial charge in [0.25, 0.3) is 4.84 Å². The van der Waals surface area contributed by atoms with E-state index in [-0.39, 0.29) is 16.5 Å². The molecule has 0 saturated heterocycles. The summed E-state index contributed by atoms with van der Waals surface area (Å²) in [5.74, 6) is 1.29. The van der Waals surface area contributed by atoms with E-state index in [4.69, 9.17) is 26.1 Å². The van der Waals surface area contributed by atoms with Crippen molar-refractivity contribution in [3.8, 4) is 23.0 Å². The third-order valence-corrected chi connectivity index (χ3v) is 5.27. The molecule has 4 rings (SSSR count). The van der Waals surface area contributed by atoms with Crippen LogP contribution in [0.4, 0.5) is 4.39 Å². The maximum absolute atomic E-state index is 14.0. The van der Waals surface area contributed by atoms with Gasteiger partial charge in [-0.25, -0.2) is 4.39 Å². The van der Waals surface area contributed by atoms with Gasteiger partial charge >= 0.3 is 0 Å². The number of benzene rings is 2. The summed E-state index contributed by atoms with van der Waals surface area (Å²) in [6.07, 6.45) is 0.913. The number of fused-ring (bicyclic) bond motifs is 1. The van der Waals surface area contributed by atoms with E-state index in [9.17, 15) is 4.39 Å². The molecule has 28 heavy (non-hydrogen) atoms. The minimum atomic E-state index is -0.383. The Morgan fingerprint density at radius 2 is 1.89 bits per heavy atom. The quantitative estimate of drug-likeness (QED) is 0.665. The number of hydrogen-bond acceptors (Lipinski definition) is 5. The zero-order valence-corrected chi connectivity index (χ0v) is 16.5. The van der Waals surface area contributed by atoms with E-state index in [2.05, 4.69) is 5.10 Å². The van der Waals surface area contributed by atoms with E-state index >= 15 is 0 Å². The lowest BCUT2D eigenvalue weighted by Crippen LogP contribution is -3.11. The van der Waals surface area contributed by atoms with Crippen molar-refractivity contribution in [1.82, 2.24) is 9.78 Å². The molecule has 1 unspecified atom stereocenters. The molecule has 1 N–H and O–H groups in total. The van der Waals surface area contributed by atoms with Crippen LogP contribution in [0.15, 0.2) is 40.8 Å². The van der Waals surface area contributed by atoms with Crippen LogP contribution in [0.2, 0.25) is 0 Å². The minimum Gasteiger partial charge on any atom is -0.493 e. The molecule has 0 aliphatic carbocycles. The van der Waals surface area contributed by atoms with Crippen LogP contribution >= 0.6 is 12.2 Å². The van der Waals surface area contributed by atoms with Gasteiger partial charge in [-0.3, -0.25) is 0 Å². The molecular weight excluding hydrogens is 381 g/mol. The minimum absolute atomic E-state index is 0.200. The highest BCUT2D eigenvalue weighted by Crippen LogP contribution is 2.31. The fraction of sp³-hybridized carbons (Fsp3) is 0.300. The Kier molecular flexibility index (Phi) is 5.15. The van der Waals surface area contributed by atoms with E-state index in [1.807, 2.05) is 12.1 Å². The van der Waals surface area contributed by atoms with Crippen molar-refractivity contribution in [2.75, 3.05) is 20.8 Å². The van der Waals surface area contributed by atoms with Crippen molar-refractivity contribution in [2.24, 2.45) is 0 Å². The molecule has 8 heteroatoms. The number of nitrogens with zero attached hydrogens (tertiary/aromatic N) is 2. The lowest BCUT2D eigenvalue weighted by atomic mass is 9.99. The van der Waals surface area contributed by atoms with Crippen LogP contribution in [-0.2, 0) is 19.6 Å². The Labute approximate surface area is 167 Å². The summed E-state index contributed by atoms with van der Waals surface area (Å²) >= 11 is 5.30. The number of aromatic nitrogens is 2. The predicted molar refractivity (Wildman–Crippen MR) is 104 cm³/mol. The molecule has 1 atom stereocenters. The van der Waals surface area contributed by atoms with Crippen LogP contribution in [0, 0.1) is 10.7 Å². The molecule has 6 nitrogen and oxygen atoms in total. The van der Waals surface area contributed by atoms with Gasteiger partial charge in [-0.15, -0.1) is 5.10 Å². The number of quaternary nitrogens is 1. The standard InChI is InChI=1S/C20H20FN3O3S/c1-25-17-9-13-7-8-23(11-14(13)10-18(17)26-2)12-24-20(28)27-19(22-24)15-5-3-4-6-16(15)21/h3-6,9-10H,7-8,11-12H2,1-2H3/p+1.